The third-order valence-corrected chi connectivity index (χ3v) is 5.86. The molecule has 3 aliphatic heterocycles. The number of aliphatic hydroxyl groups excluding tert-OH is 1. The Labute approximate surface area is 172 Å². The number of ether oxygens (including phenoxy) is 1. The number of pyridine rings is 1. The first-order valence-corrected chi connectivity index (χ1v) is 10.4. The standard InChI is InChI=1S/C24H28N2O3/c27-15-4-16-29-23-8-7-20(22(25-23)17-19-5-2-1-3-6-19)9-12-24(28)18-26-13-10-21(24)11-14-26/h1-3,5-8,21,27-28H,4,10-11,13-18H2/t24-/m1/s1. The molecule has 2 bridgehead atoms. The normalized spacial score (nSPS) is 25.3. The van der Waals surface area contributed by atoms with Crippen molar-refractivity contribution in [3.05, 3.63) is 59.3 Å². The van der Waals surface area contributed by atoms with Crippen molar-refractivity contribution in [2.24, 2.45) is 5.92 Å². The molecule has 29 heavy (non-hydrogen) atoms. The average Bonchev–Trinajstić information content (AvgIpc) is 2.75. The molecule has 3 saturated heterocycles. The van der Waals surface area contributed by atoms with Gasteiger partial charge in [-0.3, -0.25) is 4.90 Å². The summed E-state index contributed by atoms with van der Waals surface area (Å²) in [7, 11) is 0. The Bertz CT molecular complexity index is 882. The summed E-state index contributed by atoms with van der Waals surface area (Å²) in [4.78, 5) is 6.98. The summed E-state index contributed by atoms with van der Waals surface area (Å²) in [5.41, 5.74) is 1.89. The number of nitrogens with zero attached hydrogens (tertiary/aromatic N) is 2. The molecule has 1 atom stereocenters. The zero-order valence-electron chi connectivity index (χ0n) is 16.7. The Morgan fingerprint density at radius 1 is 1.14 bits per heavy atom. The molecule has 2 aromatic rings. The molecule has 5 nitrogen and oxygen atoms in total. The Balaban J connectivity index is 1.60. The fourth-order valence-electron chi connectivity index (χ4n) is 4.20. The van der Waals surface area contributed by atoms with E-state index in [4.69, 9.17) is 9.84 Å². The Morgan fingerprint density at radius 2 is 1.93 bits per heavy atom. The van der Waals surface area contributed by atoms with Gasteiger partial charge in [0.25, 0.3) is 0 Å². The van der Waals surface area contributed by atoms with Crippen LogP contribution in [0.5, 0.6) is 5.88 Å². The highest BCUT2D eigenvalue weighted by molar-refractivity contribution is 5.44. The van der Waals surface area contributed by atoms with Crippen molar-refractivity contribution in [3.63, 3.8) is 0 Å². The van der Waals surface area contributed by atoms with Crippen LogP contribution in [0.2, 0.25) is 0 Å². The summed E-state index contributed by atoms with van der Waals surface area (Å²) >= 11 is 0. The monoisotopic (exact) mass is 392 g/mol. The van der Waals surface area contributed by atoms with Crippen molar-refractivity contribution in [1.29, 1.82) is 0 Å². The summed E-state index contributed by atoms with van der Waals surface area (Å²) in [5, 5.41) is 20.1. The lowest BCUT2D eigenvalue weighted by atomic mass is 9.75. The van der Waals surface area contributed by atoms with Crippen LogP contribution in [-0.4, -0.2) is 58.5 Å². The van der Waals surface area contributed by atoms with E-state index in [1.807, 2.05) is 30.3 Å². The fourth-order valence-corrected chi connectivity index (χ4v) is 4.20. The summed E-state index contributed by atoms with van der Waals surface area (Å²) in [6.07, 6.45) is 3.24. The van der Waals surface area contributed by atoms with Crippen LogP contribution >= 0.6 is 0 Å². The molecule has 2 N–H and O–H groups in total. The van der Waals surface area contributed by atoms with E-state index in [9.17, 15) is 5.11 Å². The topological polar surface area (TPSA) is 65.8 Å². The first kappa shape index (κ1) is 19.9. The number of fused-ring (bicyclic) bond motifs is 3. The predicted molar refractivity (Wildman–Crippen MR) is 112 cm³/mol. The Kier molecular flexibility index (Phi) is 6.15. The number of aromatic nitrogens is 1. The van der Waals surface area contributed by atoms with Gasteiger partial charge in [-0.2, -0.15) is 0 Å². The van der Waals surface area contributed by atoms with Gasteiger partial charge in [0.15, 0.2) is 0 Å². The van der Waals surface area contributed by atoms with Gasteiger partial charge < -0.3 is 14.9 Å². The molecule has 5 rings (SSSR count). The second kappa shape index (κ2) is 8.96. The van der Waals surface area contributed by atoms with Crippen LogP contribution in [0.3, 0.4) is 0 Å². The van der Waals surface area contributed by atoms with Crippen LogP contribution in [0.1, 0.15) is 36.1 Å². The maximum atomic E-state index is 11.1. The zero-order valence-corrected chi connectivity index (χ0v) is 16.7. The molecule has 1 aromatic heterocycles. The fraction of sp³-hybridized carbons (Fsp3) is 0.458. The minimum atomic E-state index is -0.934. The summed E-state index contributed by atoms with van der Waals surface area (Å²) in [6, 6.07) is 13.9. The van der Waals surface area contributed by atoms with E-state index in [-0.39, 0.29) is 12.5 Å². The van der Waals surface area contributed by atoms with Crippen LogP contribution in [0.25, 0.3) is 0 Å². The van der Waals surface area contributed by atoms with Gasteiger partial charge in [0, 0.05) is 43.5 Å². The van der Waals surface area contributed by atoms with Crippen LogP contribution in [0.4, 0.5) is 0 Å². The molecular formula is C24H28N2O3. The van der Waals surface area contributed by atoms with Crippen molar-refractivity contribution in [3.8, 4) is 17.7 Å². The molecule has 0 unspecified atom stereocenters. The number of hydrogen-bond acceptors (Lipinski definition) is 5. The van der Waals surface area contributed by atoms with Gasteiger partial charge in [-0.1, -0.05) is 42.2 Å². The summed E-state index contributed by atoms with van der Waals surface area (Å²) in [6.45, 7) is 3.28. The molecule has 0 amide bonds. The van der Waals surface area contributed by atoms with Gasteiger partial charge in [-0.05, 0) is 37.6 Å². The second-order valence-electron chi connectivity index (χ2n) is 7.96. The molecule has 5 heteroatoms. The maximum Gasteiger partial charge on any atom is 0.213 e. The van der Waals surface area contributed by atoms with Crippen molar-refractivity contribution in [2.45, 2.75) is 31.3 Å². The highest BCUT2D eigenvalue weighted by Gasteiger charge is 2.44. The molecule has 4 heterocycles. The zero-order chi connectivity index (χ0) is 20.1. The lowest BCUT2D eigenvalue weighted by Crippen LogP contribution is -2.58. The Morgan fingerprint density at radius 3 is 2.62 bits per heavy atom. The van der Waals surface area contributed by atoms with Crippen molar-refractivity contribution < 1.29 is 14.9 Å². The number of rotatable bonds is 6. The van der Waals surface area contributed by atoms with Gasteiger partial charge in [-0.25, -0.2) is 4.98 Å². The third kappa shape index (κ3) is 4.79. The average molecular weight is 392 g/mol. The summed E-state index contributed by atoms with van der Waals surface area (Å²) in [5.74, 6) is 7.23. The van der Waals surface area contributed by atoms with Gasteiger partial charge in [0.2, 0.25) is 5.88 Å². The number of hydrogen-bond donors (Lipinski definition) is 2. The molecule has 3 aliphatic rings. The van der Waals surface area contributed by atoms with E-state index in [0.29, 0.717) is 31.9 Å². The van der Waals surface area contributed by atoms with Gasteiger partial charge >= 0.3 is 0 Å². The van der Waals surface area contributed by atoms with Crippen LogP contribution < -0.4 is 4.74 Å². The van der Waals surface area contributed by atoms with E-state index in [0.717, 1.165) is 42.8 Å². The largest absolute Gasteiger partial charge is 0.478 e. The molecular weight excluding hydrogens is 364 g/mol. The first-order chi connectivity index (χ1) is 14.2. The maximum absolute atomic E-state index is 11.1. The van der Waals surface area contributed by atoms with Gasteiger partial charge in [-0.15, -0.1) is 0 Å². The van der Waals surface area contributed by atoms with E-state index in [2.05, 4.69) is 33.9 Å². The number of piperidine rings is 3. The highest BCUT2D eigenvalue weighted by atomic mass is 16.5. The minimum absolute atomic E-state index is 0.0944. The SMILES string of the molecule is OCCCOc1ccc(C#C[C@@]2(O)CN3CCC2CC3)c(Cc2ccccc2)n1. The third-order valence-electron chi connectivity index (χ3n) is 5.86. The van der Waals surface area contributed by atoms with Crippen LogP contribution in [-0.2, 0) is 6.42 Å². The lowest BCUT2D eigenvalue weighted by molar-refractivity contribution is -0.0713. The van der Waals surface area contributed by atoms with E-state index >= 15 is 0 Å². The molecule has 3 fully saturated rings. The van der Waals surface area contributed by atoms with E-state index in [1.54, 1.807) is 0 Å². The molecule has 0 aliphatic carbocycles. The van der Waals surface area contributed by atoms with Crippen molar-refractivity contribution >= 4 is 0 Å². The van der Waals surface area contributed by atoms with Gasteiger partial charge in [0.1, 0.15) is 5.60 Å². The molecule has 0 radical (unpaired) electrons. The molecule has 0 saturated carbocycles. The Hall–Kier alpha value is -2.39. The van der Waals surface area contributed by atoms with Crippen molar-refractivity contribution in [2.75, 3.05) is 32.8 Å². The molecule has 1 aromatic carbocycles. The molecule has 152 valence electrons. The highest BCUT2D eigenvalue weighted by Crippen LogP contribution is 2.35. The van der Waals surface area contributed by atoms with Crippen molar-refractivity contribution in [1.82, 2.24) is 9.88 Å². The smallest absolute Gasteiger partial charge is 0.213 e. The second-order valence-corrected chi connectivity index (χ2v) is 7.96. The van der Waals surface area contributed by atoms with E-state index < -0.39 is 5.60 Å². The minimum Gasteiger partial charge on any atom is -0.478 e. The lowest BCUT2D eigenvalue weighted by Gasteiger charge is -2.47. The quantitative estimate of drug-likeness (QED) is 0.583. The van der Waals surface area contributed by atoms with Crippen LogP contribution in [0.15, 0.2) is 42.5 Å². The first-order valence-electron chi connectivity index (χ1n) is 10.4. The van der Waals surface area contributed by atoms with E-state index in [1.165, 1.54) is 0 Å². The number of benzene rings is 1. The van der Waals surface area contributed by atoms with Gasteiger partial charge in [0.05, 0.1) is 12.3 Å². The van der Waals surface area contributed by atoms with Crippen LogP contribution in [0, 0.1) is 17.8 Å². The molecule has 0 spiro atoms. The number of aliphatic hydroxyl groups is 2. The predicted octanol–water partition coefficient (Wildman–Crippen LogP) is 2.24. The summed E-state index contributed by atoms with van der Waals surface area (Å²) < 4.78 is 5.66.